The number of aromatic nitrogens is 2. The van der Waals surface area contributed by atoms with Crippen LogP contribution < -0.4 is 5.32 Å². The summed E-state index contributed by atoms with van der Waals surface area (Å²) in [6, 6.07) is 10.1. The van der Waals surface area contributed by atoms with Gasteiger partial charge in [-0.1, -0.05) is 42.1 Å². The van der Waals surface area contributed by atoms with Crippen molar-refractivity contribution in [3.8, 4) is 0 Å². The standard InChI is InChI=1S/C16H19N3O2S/c1-19-13(10-20)9-17-16(19)22-14(11-5-3-2-4-6-11)15(21)18-12-7-8-12/h2-6,9,12,14,20H,7-8,10H2,1H3,(H,18,21)/t14-/m0/s1. The molecule has 0 spiro atoms. The van der Waals surface area contributed by atoms with E-state index in [1.165, 1.54) is 11.8 Å². The topological polar surface area (TPSA) is 67.1 Å². The van der Waals surface area contributed by atoms with Crippen molar-refractivity contribution < 1.29 is 9.90 Å². The van der Waals surface area contributed by atoms with E-state index < -0.39 is 0 Å². The third-order valence-electron chi connectivity index (χ3n) is 3.69. The Balaban J connectivity index is 1.84. The minimum Gasteiger partial charge on any atom is -0.390 e. The van der Waals surface area contributed by atoms with Crippen LogP contribution >= 0.6 is 11.8 Å². The molecule has 1 saturated carbocycles. The third-order valence-corrected chi connectivity index (χ3v) is 5.00. The molecule has 1 aromatic heterocycles. The Labute approximate surface area is 133 Å². The van der Waals surface area contributed by atoms with Crippen molar-refractivity contribution in [3.63, 3.8) is 0 Å². The number of amides is 1. The highest BCUT2D eigenvalue weighted by Crippen LogP contribution is 2.35. The lowest BCUT2D eigenvalue weighted by atomic mass is 10.1. The summed E-state index contributed by atoms with van der Waals surface area (Å²) in [6.07, 6.45) is 3.77. The highest BCUT2D eigenvalue weighted by atomic mass is 32.2. The van der Waals surface area contributed by atoms with Gasteiger partial charge in [-0.25, -0.2) is 4.98 Å². The summed E-state index contributed by atoms with van der Waals surface area (Å²) in [5, 5.41) is 12.7. The number of aliphatic hydroxyl groups is 1. The third kappa shape index (κ3) is 3.34. The Hall–Kier alpha value is -1.79. The zero-order valence-corrected chi connectivity index (χ0v) is 13.2. The van der Waals surface area contributed by atoms with E-state index in [9.17, 15) is 9.90 Å². The lowest BCUT2D eigenvalue weighted by Crippen LogP contribution is -2.29. The SMILES string of the molecule is Cn1c(CO)cnc1S[C@H](C(=O)NC1CC1)c1ccccc1. The van der Waals surface area contributed by atoms with Crippen molar-refractivity contribution in [2.75, 3.05) is 0 Å². The van der Waals surface area contributed by atoms with Gasteiger partial charge in [-0.2, -0.15) is 0 Å². The van der Waals surface area contributed by atoms with Crippen molar-refractivity contribution in [1.82, 2.24) is 14.9 Å². The molecule has 22 heavy (non-hydrogen) atoms. The van der Waals surface area contributed by atoms with Crippen LogP contribution in [-0.2, 0) is 18.4 Å². The molecule has 1 aliphatic rings. The first-order valence-corrected chi connectivity index (χ1v) is 8.20. The van der Waals surface area contributed by atoms with Gasteiger partial charge >= 0.3 is 0 Å². The fraction of sp³-hybridized carbons (Fsp3) is 0.375. The molecule has 1 aromatic carbocycles. The number of carbonyl (C=O) groups excluding carboxylic acids is 1. The predicted molar refractivity (Wildman–Crippen MR) is 85.3 cm³/mol. The Morgan fingerprint density at radius 3 is 2.77 bits per heavy atom. The summed E-state index contributed by atoms with van der Waals surface area (Å²) < 4.78 is 1.82. The van der Waals surface area contributed by atoms with E-state index >= 15 is 0 Å². The van der Waals surface area contributed by atoms with Gasteiger partial charge in [0.05, 0.1) is 18.5 Å². The first-order valence-electron chi connectivity index (χ1n) is 7.32. The second-order valence-corrected chi connectivity index (χ2v) is 6.51. The van der Waals surface area contributed by atoms with E-state index in [1.54, 1.807) is 6.20 Å². The number of rotatable bonds is 6. The molecule has 6 heteroatoms. The van der Waals surface area contributed by atoms with Crippen LogP contribution in [0.1, 0.15) is 29.3 Å². The summed E-state index contributed by atoms with van der Waals surface area (Å²) in [5.41, 5.74) is 1.69. The lowest BCUT2D eigenvalue weighted by Gasteiger charge is -2.16. The molecular weight excluding hydrogens is 298 g/mol. The van der Waals surface area contributed by atoms with Crippen LogP contribution in [0.2, 0.25) is 0 Å². The van der Waals surface area contributed by atoms with Crippen LogP contribution in [0.15, 0.2) is 41.7 Å². The van der Waals surface area contributed by atoms with E-state index in [-0.39, 0.29) is 17.8 Å². The van der Waals surface area contributed by atoms with Crippen molar-refractivity contribution >= 4 is 17.7 Å². The predicted octanol–water partition coefficient (Wildman–Crippen LogP) is 2.02. The number of thioether (sulfide) groups is 1. The van der Waals surface area contributed by atoms with Gasteiger partial charge in [0.25, 0.3) is 0 Å². The monoisotopic (exact) mass is 317 g/mol. The zero-order chi connectivity index (χ0) is 15.5. The van der Waals surface area contributed by atoms with Crippen LogP contribution in [0, 0.1) is 0 Å². The van der Waals surface area contributed by atoms with Crippen molar-refractivity contribution in [1.29, 1.82) is 0 Å². The second-order valence-electron chi connectivity index (χ2n) is 5.44. The van der Waals surface area contributed by atoms with Gasteiger partial charge in [-0.15, -0.1) is 0 Å². The van der Waals surface area contributed by atoms with Crippen LogP contribution in [0.25, 0.3) is 0 Å². The maximum Gasteiger partial charge on any atom is 0.238 e. The van der Waals surface area contributed by atoms with Gasteiger partial charge in [0, 0.05) is 13.1 Å². The molecule has 116 valence electrons. The summed E-state index contributed by atoms with van der Waals surface area (Å²) in [5.74, 6) is 0.0206. The average molecular weight is 317 g/mol. The number of hydrogen-bond donors (Lipinski definition) is 2. The van der Waals surface area contributed by atoms with E-state index in [0.29, 0.717) is 6.04 Å². The normalized spacial score (nSPS) is 15.5. The molecule has 1 atom stereocenters. The Bertz CT molecular complexity index is 653. The first-order chi connectivity index (χ1) is 10.7. The number of hydrogen-bond acceptors (Lipinski definition) is 4. The van der Waals surface area contributed by atoms with Gasteiger partial charge in [0.2, 0.25) is 5.91 Å². The van der Waals surface area contributed by atoms with Crippen LogP contribution in [0.4, 0.5) is 0 Å². The van der Waals surface area contributed by atoms with Gasteiger partial charge in [-0.05, 0) is 18.4 Å². The minimum atomic E-state index is -0.338. The molecule has 3 rings (SSSR count). The number of carbonyl (C=O) groups is 1. The molecule has 0 aliphatic heterocycles. The first kappa shape index (κ1) is 15.1. The molecular formula is C16H19N3O2S. The molecule has 2 N–H and O–H groups in total. The maximum absolute atomic E-state index is 12.6. The largest absolute Gasteiger partial charge is 0.390 e. The van der Waals surface area contributed by atoms with Gasteiger partial charge in [0.15, 0.2) is 5.16 Å². The lowest BCUT2D eigenvalue weighted by molar-refractivity contribution is -0.120. The van der Waals surface area contributed by atoms with Gasteiger partial charge in [-0.3, -0.25) is 4.79 Å². The van der Waals surface area contributed by atoms with Gasteiger partial charge < -0.3 is 15.0 Å². The summed E-state index contributed by atoms with van der Waals surface area (Å²) in [6.45, 7) is -0.0612. The quantitative estimate of drug-likeness (QED) is 0.800. The summed E-state index contributed by atoms with van der Waals surface area (Å²) in [4.78, 5) is 16.9. The summed E-state index contributed by atoms with van der Waals surface area (Å²) in [7, 11) is 1.85. The molecule has 1 aliphatic carbocycles. The van der Waals surface area contributed by atoms with Crippen molar-refractivity contribution in [2.45, 2.75) is 35.9 Å². The van der Waals surface area contributed by atoms with Crippen LogP contribution in [0.5, 0.6) is 0 Å². The fourth-order valence-corrected chi connectivity index (χ4v) is 3.26. The average Bonchev–Trinajstić information content (AvgIpc) is 3.28. The summed E-state index contributed by atoms with van der Waals surface area (Å²) >= 11 is 1.41. The van der Waals surface area contributed by atoms with E-state index in [0.717, 1.165) is 29.3 Å². The Morgan fingerprint density at radius 2 is 2.18 bits per heavy atom. The highest BCUT2D eigenvalue weighted by molar-refractivity contribution is 8.00. The van der Waals surface area contributed by atoms with E-state index in [2.05, 4.69) is 10.3 Å². The Kier molecular flexibility index (Phi) is 4.49. The molecule has 0 saturated heterocycles. The molecule has 1 amide bonds. The number of aliphatic hydroxyl groups excluding tert-OH is 1. The number of nitrogens with one attached hydrogen (secondary N) is 1. The Morgan fingerprint density at radius 1 is 1.45 bits per heavy atom. The van der Waals surface area contributed by atoms with Crippen LogP contribution in [-0.4, -0.2) is 26.6 Å². The molecule has 1 fully saturated rings. The minimum absolute atomic E-state index is 0.0206. The number of imidazole rings is 1. The van der Waals surface area contributed by atoms with Gasteiger partial charge in [0.1, 0.15) is 5.25 Å². The molecule has 0 radical (unpaired) electrons. The number of benzene rings is 1. The van der Waals surface area contributed by atoms with Crippen molar-refractivity contribution in [3.05, 3.63) is 47.8 Å². The molecule has 0 unspecified atom stereocenters. The maximum atomic E-state index is 12.6. The number of nitrogens with zero attached hydrogens (tertiary/aromatic N) is 2. The molecule has 0 bridgehead atoms. The molecule has 2 aromatic rings. The molecule has 5 nitrogen and oxygen atoms in total. The fourth-order valence-electron chi connectivity index (χ4n) is 2.19. The van der Waals surface area contributed by atoms with E-state index in [4.69, 9.17) is 0 Å². The molecule has 1 heterocycles. The zero-order valence-electron chi connectivity index (χ0n) is 12.4. The van der Waals surface area contributed by atoms with E-state index in [1.807, 2.05) is 41.9 Å². The van der Waals surface area contributed by atoms with Crippen LogP contribution in [0.3, 0.4) is 0 Å². The highest BCUT2D eigenvalue weighted by Gasteiger charge is 2.30. The second kappa shape index (κ2) is 6.54. The smallest absolute Gasteiger partial charge is 0.238 e. The van der Waals surface area contributed by atoms with Crippen molar-refractivity contribution in [2.24, 2.45) is 7.05 Å².